The van der Waals surface area contributed by atoms with Crippen LogP contribution in [0.1, 0.15) is 37.0 Å². The van der Waals surface area contributed by atoms with Gasteiger partial charge in [-0.25, -0.2) is 9.78 Å². The zero-order valence-electron chi connectivity index (χ0n) is 10.8. The lowest BCUT2D eigenvalue weighted by molar-refractivity contribution is 0.00612. The van der Waals surface area contributed by atoms with E-state index in [-0.39, 0.29) is 5.97 Å². The average molecular weight is 247 g/mol. The predicted molar refractivity (Wildman–Crippen MR) is 68.3 cm³/mol. The molecule has 2 heterocycles. The summed E-state index contributed by atoms with van der Waals surface area (Å²) in [5, 5.41) is 0. The highest BCUT2D eigenvalue weighted by Gasteiger charge is 2.20. The van der Waals surface area contributed by atoms with Crippen LogP contribution in [0.4, 0.5) is 0 Å². The molecule has 0 radical (unpaired) electrons. The van der Waals surface area contributed by atoms with Gasteiger partial charge in [0.2, 0.25) is 0 Å². The minimum atomic E-state index is -0.517. The molecule has 18 heavy (non-hydrogen) atoms. The van der Waals surface area contributed by atoms with E-state index in [1.165, 1.54) is 0 Å². The lowest BCUT2D eigenvalue weighted by atomic mass is 10.2. The van der Waals surface area contributed by atoms with E-state index in [0.717, 1.165) is 5.69 Å². The number of hydrogen-bond donors (Lipinski definition) is 1. The smallest absolute Gasteiger partial charge is 0.355 e. The first kappa shape index (κ1) is 12.6. The second-order valence-corrected chi connectivity index (χ2v) is 5.08. The van der Waals surface area contributed by atoms with E-state index in [4.69, 9.17) is 10.5 Å². The Hall–Kier alpha value is -1.88. The highest BCUT2D eigenvalue weighted by atomic mass is 16.6. The molecule has 2 rings (SSSR count). The largest absolute Gasteiger partial charge is 0.455 e. The number of imidazole rings is 1. The SMILES string of the molecule is CC(C)(C)OC(=O)c1cccc2nc(CN)cn12. The third-order valence-electron chi connectivity index (χ3n) is 2.36. The monoisotopic (exact) mass is 247 g/mol. The molecule has 0 aromatic carbocycles. The van der Waals surface area contributed by atoms with Crippen LogP contribution in [0.2, 0.25) is 0 Å². The Labute approximate surface area is 106 Å². The second kappa shape index (κ2) is 4.42. The van der Waals surface area contributed by atoms with Crippen LogP contribution in [-0.4, -0.2) is 21.0 Å². The number of ether oxygens (including phenoxy) is 1. The Balaban J connectivity index is 2.44. The molecule has 0 atom stereocenters. The van der Waals surface area contributed by atoms with Gasteiger partial charge in [0.25, 0.3) is 0 Å². The number of rotatable bonds is 2. The van der Waals surface area contributed by atoms with Gasteiger partial charge >= 0.3 is 5.97 Å². The summed E-state index contributed by atoms with van der Waals surface area (Å²) in [5.74, 6) is -0.367. The van der Waals surface area contributed by atoms with E-state index in [1.54, 1.807) is 22.7 Å². The van der Waals surface area contributed by atoms with Gasteiger partial charge in [-0.15, -0.1) is 0 Å². The quantitative estimate of drug-likeness (QED) is 0.821. The van der Waals surface area contributed by atoms with Crippen molar-refractivity contribution in [3.05, 3.63) is 35.8 Å². The summed E-state index contributed by atoms with van der Waals surface area (Å²) in [7, 11) is 0. The van der Waals surface area contributed by atoms with Crippen LogP contribution < -0.4 is 5.73 Å². The summed E-state index contributed by atoms with van der Waals surface area (Å²) >= 11 is 0. The number of carbonyl (C=O) groups is 1. The zero-order valence-corrected chi connectivity index (χ0v) is 10.8. The Morgan fingerprint density at radius 1 is 1.44 bits per heavy atom. The second-order valence-electron chi connectivity index (χ2n) is 5.08. The topological polar surface area (TPSA) is 69.6 Å². The van der Waals surface area contributed by atoms with Crippen molar-refractivity contribution in [2.24, 2.45) is 5.73 Å². The molecule has 2 aromatic heterocycles. The molecule has 5 nitrogen and oxygen atoms in total. The van der Waals surface area contributed by atoms with Crippen LogP contribution in [0.5, 0.6) is 0 Å². The molecular weight excluding hydrogens is 230 g/mol. The van der Waals surface area contributed by atoms with Crippen molar-refractivity contribution < 1.29 is 9.53 Å². The summed E-state index contributed by atoms with van der Waals surface area (Å²) in [4.78, 5) is 16.4. The fourth-order valence-corrected chi connectivity index (χ4v) is 1.66. The van der Waals surface area contributed by atoms with E-state index in [0.29, 0.717) is 17.9 Å². The first-order valence-corrected chi connectivity index (χ1v) is 5.81. The molecule has 0 aliphatic rings. The van der Waals surface area contributed by atoms with Crippen LogP contribution in [0.15, 0.2) is 24.4 Å². The van der Waals surface area contributed by atoms with E-state index in [9.17, 15) is 4.79 Å². The van der Waals surface area contributed by atoms with Crippen LogP contribution in [0.25, 0.3) is 5.65 Å². The summed E-state index contributed by atoms with van der Waals surface area (Å²) in [6.07, 6.45) is 1.76. The number of aromatic nitrogens is 2. The van der Waals surface area contributed by atoms with E-state index in [1.807, 2.05) is 26.8 Å². The number of fused-ring (bicyclic) bond motifs is 1. The highest BCUT2D eigenvalue weighted by molar-refractivity contribution is 5.88. The van der Waals surface area contributed by atoms with Crippen molar-refractivity contribution in [1.29, 1.82) is 0 Å². The van der Waals surface area contributed by atoms with Gasteiger partial charge in [0.05, 0.1) is 5.69 Å². The molecule has 0 bridgehead atoms. The van der Waals surface area contributed by atoms with Crippen molar-refractivity contribution in [3.8, 4) is 0 Å². The molecule has 5 heteroatoms. The van der Waals surface area contributed by atoms with E-state index < -0.39 is 5.60 Å². The summed E-state index contributed by atoms with van der Waals surface area (Å²) in [6, 6.07) is 5.32. The van der Waals surface area contributed by atoms with Gasteiger partial charge in [0, 0.05) is 12.7 Å². The van der Waals surface area contributed by atoms with Crippen molar-refractivity contribution in [2.45, 2.75) is 32.9 Å². The number of carbonyl (C=O) groups excluding carboxylic acids is 1. The Morgan fingerprint density at radius 2 is 2.17 bits per heavy atom. The first-order chi connectivity index (χ1) is 8.40. The van der Waals surface area contributed by atoms with Crippen LogP contribution in [0, 0.1) is 0 Å². The fraction of sp³-hybridized carbons (Fsp3) is 0.385. The molecule has 0 fully saturated rings. The predicted octanol–water partition coefficient (Wildman–Crippen LogP) is 1.75. The van der Waals surface area contributed by atoms with Crippen LogP contribution in [-0.2, 0) is 11.3 Å². The summed E-state index contributed by atoms with van der Waals surface area (Å²) in [6.45, 7) is 5.86. The molecular formula is C13H17N3O2. The van der Waals surface area contributed by atoms with Gasteiger partial charge < -0.3 is 10.5 Å². The number of esters is 1. The van der Waals surface area contributed by atoms with E-state index in [2.05, 4.69) is 4.98 Å². The lowest BCUT2D eigenvalue weighted by Crippen LogP contribution is -2.25. The van der Waals surface area contributed by atoms with Crippen LogP contribution >= 0.6 is 0 Å². The molecule has 0 amide bonds. The average Bonchev–Trinajstić information content (AvgIpc) is 2.68. The maximum absolute atomic E-state index is 12.1. The minimum Gasteiger partial charge on any atom is -0.455 e. The molecule has 0 spiro atoms. The van der Waals surface area contributed by atoms with Gasteiger partial charge in [-0.3, -0.25) is 4.40 Å². The normalized spacial score (nSPS) is 11.8. The molecule has 0 saturated heterocycles. The van der Waals surface area contributed by atoms with Crippen molar-refractivity contribution >= 4 is 11.6 Å². The summed E-state index contributed by atoms with van der Waals surface area (Å²) in [5.41, 5.74) is 6.92. The highest BCUT2D eigenvalue weighted by Crippen LogP contribution is 2.14. The van der Waals surface area contributed by atoms with Crippen molar-refractivity contribution in [3.63, 3.8) is 0 Å². The van der Waals surface area contributed by atoms with E-state index >= 15 is 0 Å². The number of nitrogens with two attached hydrogens (primary N) is 1. The Morgan fingerprint density at radius 3 is 2.78 bits per heavy atom. The molecule has 0 aliphatic carbocycles. The number of nitrogens with zero attached hydrogens (tertiary/aromatic N) is 2. The Bertz CT molecular complexity index is 581. The van der Waals surface area contributed by atoms with Crippen molar-refractivity contribution in [2.75, 3.05) is 0 Å². The summed E-state index contributed by atoms with van der Waals surface area (Å²) < 4.78 is 7.06. The van der Waals surface area contributed by atoms with Gasteiger partial charge in [0.15, 0.2) is 0 Å². The standard InChI is InChI=1S/C13H17N3O2/c1-13(2,3)18-12(17)10-5-4-6-11-15-9(7-14)8-16(10)11/h4-6,8H,7,14H2,1-3H3. The maximum Gasteiger partial charge on any atom is 0.355 e. The van der Waals surface area contributed by atoms with Crippen molar-refractivity contribution in [1.82, 2.24) is 9.38 Å². The lowest BCUT2D eigenvalue weighted by Gasteiger charge is -2.19. The molecule has 0 aliphatic heterocycles. The van der Waals surface area contributed by atoms with Crippen LogP contribution in [0.3, 0.4) is 0 Å². The van der Waals surface area contributed by atoms with Gasteiger partial charge in [-0.2, -0.15) is 0 Å². The minimum absolute atomic E-state index is 0.343. The van der Waals surface area contributed by atoms with Gasteiger partial charge in [0.1, 0.15) is 16.9 Å². The molecule has 96 valence electrons. The molecule has 0 unspecified atom stereocenters. The first-order valence-electron chi connectivity index (χ1n) is 5.81. The zero-order chi connectivity index (χ0) is 13.3. The number of pyridine rings is 1. The third kappa shape index (κ3) is 2.51. The molecule has 2 aromatic rings. The Kier molecular flexibility index (Phi) is 3.09. The molecule has 0 saturated carbocycles. The maximum atomic E-state index is 12.1. The fourth-order valence-electron chi connectivity index (χ4n) is 1.66. The molecule has 2 N–H and O–H groups in total. The van der Waals surface area contributed by atoms with Gasteiger partial charge in [-0.05, 0) is 32.9 Å². The third-order valence-corrected chi connectivity index (χ3v) is 2.36. The van der Waals surface area contributed by atoms with Gasteiger partial charge in [-0.1, -0.05) is 6.07 Å². The number of hydrogen-bond acceptors (Lipinski definition) is 4.